The van der Waals surface area contributed by atoms with Crippen molar-refractivity contribution in [1.82, 2.24) is 24.5 Å². The van der Waals surface area contributed by atoms with Crippen LogP contribution < -0.4 is 0 Å². The third-order valence-corrected chi connectivity index (χ3v) is 11.9. The summed E-state index contributed by atoms with van der Waals surface area (Å²) in [4.78, 5) is 18.7. The topological polar surface area (TPSA) is 69.6 Å². The number of hydrogen-bond donors (Lipinski definition) is 0. The maximum atomic E-state index is 7.89. The van der Waals surface area contributed by atoms with Crippen molar-refractivity contribution < 1.29 is 41.0 Å². The SMILES string of the molecule is [2H]C([2H])([2H])c1c[c-]c(-c2cc(C([2H])([2H])[2H])c(C([2H])([2H])[2H])cn2)cc1.[2H]C([2H])([2H])c1ccc2c(n1)oc1c(-c3nc4ccccc4n3-c3ccc(-c4ccc5c(C(C)(C)C)nc6ccccc6c5c4)cc3C(C)(C)C)[c-]ccc12.[Ir]. The quantitative estimate of drug-likeness (QED) is 0.130. The molecule has 11 aromatic rings. The molecule has 0 spiro atoms. The zero-order valence-corrected chi connectivity index (χ0v) is 40.2. The number of imidazole rings is 1. The van der Waals surface area contributed by atoms with E-state index >= 15 is 0 Å². The first-order chi connectivity index (χ1) is 36.5. The second kappa shape index (κ2) is 17.5. The predicted molar refractivity (Wildman–Crippen MR) is 274 cm³/mol. The molecule has 0 aliphatic heterocycles. The van der Waals surface area contributed by atoms with Gasteiger partial charge in [0.15, 0.2) is 0 Å². The number of benzene rings is 6. The summed E-state index contributed by atoms with van der Waals surface area (Å²) in [6, 6.07) is 48.6. The zero-order valence-electron chi connectivity index (χ0n) is 49.8. The minimum absolute atomic E-state index is 0. The summed E-state index contributed by atoms with van der Waals surface area (Å²) in [5.74, 6) is 0.675. The van der Waals surface area contributed by atoms with Gasteiger partial charge >= 0.3 is 0 Å². The maximum absolute atomic E-state index is 7.89. The smallest absolute Gasteiger partial charge is 0.216 e. The molecule has 6 aromatic carbocycles. The molecule has 0 saturated heterocycles. The van der Waals surface area contributed by atoms with Crippen LogP contribution in [0.5, 0.6) is 0 Å². The molecular weight excluding hydrogens is 999 g/mol. The van der Waals surface area contributed by atoms with Gasteiger partial charge in [0, 0.05) is 75.7 Å². The molecule has 6 nitrogen and oxygen atoms in total. The van der Waals surface area contributed by atoms with Gasteiger partial charge in [-0.2, -0.15) is 0 Å². The zero-order chi connectivity index (χ0) is 56.1. The first-order valence-electron chi connectivity index (χ1n) is 27.7. The molecule has 1 radical (unpaired) electrons. The Bertz CT molecular complexity index is 4120. The van der Waals surface area contributed by atoms with E-state index < -0.39 is 27.4 Å². The summed E-state index contributed by atoms with van der Waals surface area (Å²) < 4.78 is 99.2. The van der Waals surface area contributed by atoms with Gasteiger partial charge in [0.1, 0.15) is 0 Å². The third-order valence-electron chi connectivity index (χ3n) is 11.9. The van der Waals surface area contributed by atoms with Crippen molar-refractivity contribution in [2.45, 2.75) is 79.8 Å². The number of nitrogens with zero attached hydrogens (tertiary/aromatic N) is 5. The molecule has 0 amide bonds. The van der Waals surface area contributed by atoms with Crippen molar-refractivity contribution in [1.29, 1.82) is 0 Å². The largest absolute Gasteiger partial charge is 0.486 e. The van der Waals surface area contributed by atoms with Crippen LogP contribution in [-0.4, -0.2) is 24.5 Å². The van der Waals surface area contributed by atoms with Gasteiger partial charge in [-0.15, -0.1) is 53.6 Å². The Morgan fingerprint density at radius 2 is 1.39 bits per heavy atom. The van der Waals surface area contributed by atoms with E-state index in [1.165, 1.54) is 35.0 Å². The van der Waals surface area contributed by atoms with Crippen molar-refractivity contribution in [3.8, 4) is 39.5 Å². The summed E-state index contributed by atoms with van der Waals surface area (Å²) in [7, 11) is 0. The first-order valence-corrected chi connectivity index (χ1v) is 21.7. The molecule has 335 valence electrons. The van der Waals surface area contributed by atoms with Crippen molar-refractivity contribution in [2.75, 3.05) is 0 Å². The summed E-state index contributed by atoms with van der Waals surface area (Å²) in [5.41, 5.74) is 9.50. The molecule has 0 N–H and O–H groups in total. The summed E-state index contributed by atoms with van der Waals surface area (Å²) >= 11 is 0. The van der Waals surface area contributed by atoms with Crippen molar-refractivity contribution in [2.24, 2.45) is 0 Å². The van der Waals surface area contributed by atoms with Crippen LogP contribution in [0.2, 0.25) is 0 Å². The molecule has 0 saturated carbocycles. The summed E-state index contributed by atoms with van der Waals surface area (Å²) in [6.07, 6.45) is 1.02. The van der Waals surface area contributed by atoms with E-state index in [1.807, 2.05) is 30.3 Å². The van der Waals surface area contributed by atoms with Gasteiger partial charge in [-0.3, -0.25) is 9.97 Å². The van der Waals surface area contributed by atoms with Crippen LogP contribution >= 0.6 is 0 Å². The molecule has 0 aliphatic rings. The van der Waals surface area contributed by atoms with Gasteiger partial charge in [0.05, 0.1) is 33.7 Å². The summed E-state index contributed by atoms with van der Waals surface area (Å²) in [5, 5.41) is 5.08. The number of fused-ring (bicyclic) bond motifs is 7. The van der Waals surface area contributed by atoms with Crippen LogP contribution in [0.1, 0.15) is 91.6 Å². The normalized spacial score (nSPS) is 15.3. The molecule has 5 aromatic heterocycles. The minimum atomic E-state index is -2.61. The van der Waals surface area contributed by atoms with Crippen LogP contribution in [0.4, 0.5) is 0 Å². The Kier molecular flexibility index (Phi) is 8.55. The second-order valence-electron chi connectivity index (χ2n) is 18.6. The fraction of sp³-hybridized carbons (Fsp3) is 0.200. The van der Waals surface area contributed by atoms with Crippen LogP contribution in [0, 0.1) is 39.5 Å². The molecule has 0 atom stereocenters. The number of aryl methyl sites for hydroxylation is 4. The Balaban J connectivity index is 0.000000255. The van der Waals surface area contributed by atoms with Crippen molar-refractivity contribution >= 4 is 54.8 Å². The minimum Gasteiger partial charge on any atom is -0.486 e. The van der Waals surface area contributed by atoms with Crippen molar-refractivity contribution in [3.05, 3.63) is 185 Å². The van der Waals surface area contributed by atoms with E-state index in [0.717, 1.165) is 67.0 Å². The van der Waals surface area contributed by atoms with Gasteiger partial charge in [0.25, 0.3) is 0 Å². The van der Waals surface area contributed by atoms with Gasteiger partial charge in [-0.1, -0.05) is 120 Å². The average molecular weight is 1060 g/mol. The Hall–Kier alpha value is -6.79. The van der Waals surface area contributed by atoms with E-state index in [1.54, 1.807) is 12.1 Å². The van der Waals surface area contributed by atoms with Crippen LogP contribution in [0.25, 0.3) is 94.2 Å². The van der Waals surface area contributed by atoms with Gasteiger partial charge in [-0.25, -0.2) is 4.98 Å². The maximum Gasteiger partial charge on any atom is 0.216 e. The molecule has 11 rings (SSSR count). The molecule has 0 unspecified atom stereocenters. The Morgan fingerprint density at radius 1 is 0.612 bits per heavy atom. The molecule has 7 heteroatoms. The fourth-order valence-corrected chi connectivity index (χ4v) is 8.63. The van der Waals surface area contributed by atoms with Gasteiger partial charge in [-0.05, 0) is 108 Å². The van der Waals surface area contributed by atoms with Gasteiger partial charge < -0.3 is 14.0 Å². The molecule has 0 fully saturated rings. The Morgan fingerprint density at radius 3 is 2.15 bits per heavy atom. The standard InChI is InChI=1S/C46H39N4O.C14H14N.Ir/c1-27-19-22-33-31-14-12-15-34(41(31)51-44(33)47-27)43-49-38-17-10-11-18-40(38)50(43)39-24-21-29(26-36(39)45(2,3)4)28-20-23-32-35(25-28)30-13-8-9-16-37(30)48-42(32)46(5,6)7;1-10-4-6-13(7-5-10)14-8-11(2)12(3)9-15-14;/h8-14,16-26H,1-7H3;4-6,8-9H,1-3H3;/q2*-1;/i1D3;1D3,2D3,3D3;. The van der Waals surface area contributed by atoms with E-state index in [2.05, 4.69) is 135 Å². The van der Waals surface area contributed by atoms with E-state index in [9.17, 15) is 0 Å². The third kappa shape index (κ3) is 8.48. The van der Waals surface area contributed by atoms with E-state index in [0.29, 0.717) is 22.5 Å². The van der Waals surface area contributed by atoms with Crippen molar-refractivity contribution in [3.63, 3.8) is 0 Å². The average Bonchev–Trinajstić information content (AvgIpc) is 4.00. The van der Waals surface area contributed by atoms with Crippen LogP contribution in [-0.2, 0) is 30.9 Å². The Labute approximate surface area is 423 Å². The summed E-state index contributed by atoms with van der Waals surface area (Å²) in [6.45, 7) is 3.57. The second-order valence-corrected chi connectivity index (χ2v) is 18.6. The number of pyridine rings is 3. The number of hydrogen-bond acceptors (Lipinski definition) is 5. The van der Waals surface area contributed by atoms with Crippen LogP contribution in [0.15, 0.2) is 144 Å². The van der Waals surface area contributed by atoms with E-state index in [4.69, 9.17) is 30.8 Å². The molecule has 5 heterocycles. The van der Waals surface area contributed by atoms with Gasteiger partial charge in [0.2, 0.25) is 5.71 Å². The molecule has 0 aliphatic carbocycles. The number of para-hydroxylation sites is 3. The molecular formula is C60H53IrN5O-2. The predicted octanol–water partition coefficient (Wildman–Crippen LogP) is 15.5. The van der Waals surface area contributed by atoms with Crippen LogP contribution in [0.3, 0.4) is 0 Å². The molecule has 0 bridgehead atoms. The fourth-order valence-electron chi connectivity index (χ4n) is 8.63. The van der Waals surface area contributed by atoms with E-state index in [-0.39, 0.29) is 64.7 Å². The monoisotopic (exact) mass is 1060 g/mol. The number of aromatic nitrogens is 5. The number of furan rings is 1. The first kappa shape index (κ1) is 32.8. The number of rotatable bonds is 4. The molecule has 67 heavy (non-hydrogen) atoms.